The first kappa shape index (κ1) is 35.3. The number of furan rings is 1. The molecule has 0 aliphatic rings. The predicted molar refractivity (Wildman–Crippen MR) is 187 cm³/mol. The number of hydrogen-bond donors (Lipinski definition) is 0. The molecule has 0 spiro atoms. The van der Waals surface area contributed by atoms with E-state index in [1.54, 1.807) is 6.07 Å². The van der Waals surface area contributed by atoms with Crippen LogP contribution < -0.4 is 5.19 Å². The summed E-state index contributed by atoms with van der Waals surface area (Å²) < 4.78 is 19.2. The van der Waals surface area contributed by atoms with Crippen molar-refractivity contribution in [2.75, 3.05) is 0 Å². The first-order chi connectivity index (χ1) is 21.3. The molecule has 0 saturated heterocycles. The largest absolute Gasteiger partial charge is 0.486 e. The maximum atomic E-state index is 13.4. The van der Waals surface area contributed by atoms with Crippen LogP contribution in [-0.4, -0.2) is 23.0 Å². The number of hydrogen-bond acceptors (Lipinski definition) is 4. The average Bonchev–Trinajstić information content (AvgIpc) is 3.34. The standard InChI is InChI=1S/C21H18FN2O.C18H24NSi.Ir/c1-21(2,3)12-13-9-10-23-17(11-13)16-6-4-5-14-15-7-8-18(22)24-20(15)25-19(14)16;1-14(2)11-16-12-17(15-9-7-6-8-10-15)19-13-18(16)20(3,4)5;/h4-5,7-11H,12H2,1-3H3;6-9,12-14H,11H2,1-5H3;/q2*-1;. The molecular weight excluding hydrogens is 766 g/mol. The van der Waals surface area contributed by atoms with Gasteiger partial charge in [-0.15, -0.1) is 54.1 Å². The number of aromatic nitrogens is 3. The molecule has 46 heavy (non-hydrogen) atoms. The minimum atomic E-state index is -1.34. The van der Waals surface area contributed by atoms with Crippen LogP contribution in [0.1, 0.15) is 45.7 Å². The van der Waals surface area contributed by atoms with Gasteiger partial charge in [0.25, 0.3) is 0 Å². The Morgan fingerprint density at radius 2 is 1.67 bits per heavy atom. The molecule has 0 aliphatic heterocycles. The average molecular weight is 808 g/mol. The predicted octanol–water partition coefficient (Wildman–Crippen LogP) is 9.86. The van der Waals surface area contributed by atoms with E-state index in [1.165, 1.54) is 22.4 Å². The third-order valence-corrected chi connectivity index (χ3v) is 9.56. The van der Waals surface area contributed by atoms with Gasteiger partial charge in [0.1, 0.15) is 0 Å². The van der Waals surface area contributed by atoms with E-state index < -0.39 is 14.0 Å². The van der Waals surface area contributed by atoms with Gasteiger partial charge in [-0.25, -0.2) is 0 Å². The van der Waals surface area contributed by atoms with Crippen molar-refractivity contribution in [1.82, 2.24) is 15.0 Å². The number of halogens is 1. The zero-order valence-electron chi connectivity index (χ0n) is 28.0. The van der Waals surface area contributed by atoms with Gasteiger partial charge in [0.05, 0.1) is 13.7 Å². The molecule has 4 nitrogen and oxygen atoms in total. The Balaban J connectivity index is 0.000000210. The fraction of sp³-hybridized carbons (Fsp3) is 0.308. The van der Waals surface area contributed by atoms with Crippen molar-refractivity contribution in [3.63, 3.8) is 0 Å². The zero-order valence-corrected chi connectivity index (χ0v) is 31.4. The topological polar surface area (TPSA) is 51.8 Å². The van der Waals surface area contributed by atoms with Crippen LogP contribution in [0.2, 0.25) is 19.6 Å². The summed E-state index contributed by atoms with van der Waals surface area (Å²) >= 11 is 0. The zero-order chi connectivity index (χ0) is 32.4. The normalized spacial score (nSPS) is 11.8. The molecule has 7 heteroatoms. The SMILES string of the molecule is CC(C)(C)Cc1ccnc(-c2[c-]ccc3c2oc2nc(F)ccc23)c1.CC(C)Cc1cc(-c2[c-]cccc2)ncc1[Si](C)(C)C.[Ir]. The van der Waals surface area contributed by atoms with Crippen LogP contribution in [0.5, 0.6) is 0 Å². The van der Waals surface area contributed by atoms with Crippen LogP contribution in [0.15, 0.2) is 83.5 Å². The first-order valence-corrected chi connectivity index (χ1v) is 19.1. The summed E-state index contributed by atoms with van der Waals surface area (Å²) in [5.41, 5.74) is 7.50. The van der Waals surface area contributed by atoms with Crippen molar-refractivity contribution in [3.8, 4) is 22.5 Å². The van der Waals surface area contributed by atoms with Gasteiger partial charge < -0.3 is 14.4 Å². The molecule has 1 radical (unpaired) electrons. The van der Waals surface area contributed by atoms with Gasteiger partial charge in [0.15, 0.2) is 0 Å². The van der Waals surface area contributed by atoms with Gasteiger partial charge in [-0.3, -0.25) is 0 Å². The maximum Gasteiger partial charge on any atom is 0.218 e. The van der Waals surface area contributed by atoms with Crippen molar-refractivity contribution >= 4 is 35.3 Å². The number of fused-ring (bicyclic) bond motifs is 3. The molecule has 4 heterocycles. The van der Waals surface area contributed by atoms with Gasteiger partial charge in [-0.05, 0) is 58.9 Å². The summed E-state index contributed by atoms with van der Waals surface area (Å²) in [6.45, 7) is 18.4. The molecule has 0 amide bonds. The monoisotopic (exact) mass is 808 g/mol. The maximum absolute atomic E-state index is 13.4. The fourth-order valence-electron chi connectivity index (χ4n) is 5.60. The number of pyridine rings is 3. The molecule has 2 aromatic carbocycles. The quantitative estimate of drug-likeness (QED) is 0.0956. The fourth-order valence-corrected chi connectivity index (χ4v) is 7.19. The number of benzene rings is 2. The van der Waals surface area contributed by atoms with E-state index in [1.807, 2.05) is 42.6 Å². The summed E-state index contributed by atoms with van der Waals surface area (Å²) in [5, 5.41) is 3.17. The van der Waals surface area contributed by atoms with Crippen LogP contribution in [0.3, 0.4) is 0 Å². The Morgan fingerprint density at radius 3 is 2.35 bits per heavy atom. The Morgan fingerprint density at radius 1 is 0.891 bits per heavy atom. The van der Waals surface area contributed by atoms with E-state index in [0.717, 1.165) is 46.1 Å². The van der Waals surface area contributed by atoms with Crippen molar-refractivity contribution in [3.05, 3.63) is 108 Å². The van der Waals surface area contributed by atoms with Crippen molar-refractivity contribution in [2.24, 2.45) is 11.3 Å². The molecule has 6 rings (SSSR count). The molecule has 6 aromatic rings. The van der Waals surface area contributed by atoms with E-state index in [-0.39, 0.29) is 25.5 Å². The second-order valence-corrected chi connectivity index (χ2v) is 19.4. The minimum absolute atomic E-state index is 0. The van der Waals surface area contributed by atoms with Gasteiger partial charge in [-0.2, -0.15) is 9.37 Å². The molecule has 4 aromatic heterocycles. The van der Waals surface area contributed by atoms with Gasteiger partial charge in [0, 0.05) is 37.9 Å². The number of rotatable bonds is 6. The van der Waals surface area contributed by atoms with E-state index in [9.17, 15) is 4.39 Å². The minimum Gasteiger partial charge on any atom is -0.486 e. The second kappa shape index (κ2) is 14.5. The summed E-state index contributed by atoms with van der Waals surface area (Å²) in [6, 6.07) is 27.7. The van der Waals surface area contributed by atoms with E-state index in [0.29, 0.717) is 17.2 Å². The van der Waals surface area contributed by atoms with Crippen LogP contribution in [0.4, 0.5) is 4.39 Å². The van der Waals surface area contributed by atoms with Gasteiger partial charge in [0.2, 0.25) is 11.7 Å². The smallest absolute Gasteiger partial charge is 0.218 e. The Bertz CT molecular complexity index is 1920. The van der Waals surface area contributed by atoms with Crippen molar-refractivity contribution in [2.45, 2.75) is 67.1 Å². The van der Waals surface area contributed by atoms with Crippen molar-refractivity contribution in [1.29, 1.82) is 0 Å². The van der Waals surface area contributed by atoms with Crippen LogP contribution in [0.25, 0.3) is 44.6 Å². The molecule has 0 fully saturated rings. The summed E-state index contributed by atoms with van der Waals surface area (Å²) in [7, 11) is -1.34. The van der Waals surface area contributed by atoms with Crippen molar-refractivity contribution < 1.29 is 28.9 Å². The third kappa shape index (κ3) is 8.64. The third-order valence-electron chi connectivity index (χ3n) is 7.49. The molecule has 0 N–H and O–H groups in total. The molecule has 241 valence electrons. The summed E-state index contributed by atoms with van der Waals surface area (Å²) in [6.07, 6.45) is 6.00. The Kier molecular flexibility index (Phi) is 11.1. The van der Waals surface area contributed by atoms with Crippen LogP contribution in [0, 0.1) is 29.4 Å². The molecule has 0 saturated carbocycles. The molecular formula is C39H42FIrN3OSi-2. The van der Waals surface area contributed by atoms with E-state index >= 15 is 0 Å². The molecule has 0 aliphatic carbocycles. The summed E-state index contributed by atoms with van der Waals surface area (Å²) in [4.78, 5) is 13.0. The van der Waals surface area contributed by atoms with E-state index in [2.05, 4.69) is 106 Å². The Hall–Kier alpha value is -3.51. The Labute approximate surface area is 287 Å². The van der Waals surface area contributed by atoms with Gasteiger partial charge in [-0.1, -0.05) is 88.5 Å². The molecule has 0 bridgehead atoms. The molecule has 0 unspecified atom stereocenters. The second-order valence-electron chi connectivity index (χ2n) is 14.3. The summed E-state index contributed by atoms with van der Waals surface area (Å²) in [5.74, 6) is 0.113. The number of nitrogens with zero attached hydrogens (tertiary/aromatic N) is 3. The van der Waals surface area contributed by atoms with Crippen LogP contribution >= 0.6 is 0 Å². The van der Waals surface area contributed by atoms with E-state index in [4.69, 9.17) is 4.42 Å². The first-order valence-electron chi connectivity index (χ1n) is 15.6. The molecule has 0 atom stereocenters. The van der Waals surface area contributed by atoms with Crippen LogP contribution in [-0.2, 0) is 32.9 Å². The van der Waals surface area contributed by atoms with Gasteiger partial charge >= 0.3 is 0 Å².